The monoisotopic (exact) mass is 503 g/mol. The zero-order valence-corrected chi connectivity index (χ0v) is 20.4. The number of hydrogen-bond acceptors (Lipinski definition) is 7. The molecule has 3 aromatic rings. The molecule has 2 N–H and O–H groups in total. The summed E-state index contributed by atoms with van der Waals surface area (Å²) in [6, 6.07) is 3.59. The standard InChI is InChI=1S/C24H27F2N5O5/c1-27-17-12-31-18(9-14-11-30(5-6-36-14)24(33)35-4)22(29-20(31)10-19(17)34-3)21-15(25)7-13(8-16(21)26)23(32)28-2/h7-8,10,12,14,27H,5-6,9,11H2,1-4H3,(H,28,32)/t14-/m0/s1. The molecule has 3 heterocycles. The van der Waals surface area contributed by atoms with Crippen molar-refractivity contribution < 1.29 is 32.6 Å². The number of rotatable bonds is 6. The van der Waals surface area contributed by atoms with Crippen LogP contribution in [0.1, 0.15) is 16.1 Å². The lowest BCUT2D eigenvalue weighted by atomic mass is 10.0. The van der Waals surface area contributed by atoms with Crippen LogP contribution in [0.25, 0.3) is 16.9 Å². The summed E-state index contributed by atoms with van der Waals surface area (Å²) in [5.41, 5.74) is 1.03. The number of carbonyl (C=O) groups excluding carboxylic acids is 2. The van der Waals surface area contributed by atoms with Crippen LogP contribution < -0.4 is 15.4 Å². The van der Waals surface area contributed by atoms with Crippen LogP contribution in [0.3, 0.4) is 0 Å². The minimum Gasteiger partial charge on any atom is -0.494 e. The Labute approximate surface area is 206 Å². The summed E-state index contributed by atoms with van der Waals surface area (Å²) in [4.78, 5) is 30.0. The normalized spacial score (nSPS) is 15.6. The molecular formula is C24H27F2N5O5. The molecule has 1 aliphatic rings. The zero-order chi connectivity index (χ0) is 26.0. The molecule has 36 heavy (non-hydrogen) atoms. The van der Waals surface area contributed by atoms with Crippen LogP contribution in [0, 0.1) is 11.6 Å². The summed E-state index contributed by atoms with van der Waals surface area (Å²) in [6.07, 6.45) is 0.948. The third-order valence-electron chi connectivity index (χ3n) is 6.07. The molecule has 0 radical (unpaired) electrons. The van der Waals surface area contributed by atoms with E-state index in [1.807, 2.05) is 0 Å². The van der Waals surface area contributed by atoms with E-state index >= 15 is 8.78 Å². The van der Waals surface area contributed by atoms with Gasteiger partial charge in [-0.15, -0.1) is 0 Å². The van der Waals surface area contributed by atoms with E-state index in [9.17, 15) is 9.59 Å². The summed E-state index contributed by atoms with van der Waals surface area (Å²) < 4.78 is 48.4. The number of carbonyl (C=O) groups is 2. The molecule has 10 nitrogen and oxygen atoms in total. The Morgan fingerprint density at radius 1 is 1.19 bits per heavy atom. The highest BCUT2D eigenvalue weighted by Gasteiger charge is 2.29. The number of morpholine rings is 1. The van der Waals surface area contributed by atoms with Crippen molar-refractivity contribution in [1.29, 1.82) is 0 Å². The topological polar surface area (TPSA) is 106 Å². The van der Waals surface area contributed by atoms with Crippen molar-refractivity contribution in [2.24, 2.45) is 0 Å². The SMILES string of the molecule is CNC(=O)c1cc(F)c(-c2nc3cc(OC)c(NC)cn3c2C[C@H]2CN(C(=O)OC)CCO2)c(F)c1. The summed E-state index contributed by atoms with van der Waals surface area (Å²) in [6.45, 7) is 0.883. The number of amides is 2. The number of methoxy groups -OCH3 is 2. The first-order valence-corrected chi connectivity index (χ1v) is 11.2. The quantitative estimate of drug-likeness (QED) is 0.533. The molecule has 1 aliphatic heterocycles. The van der Waals surface area contributed by atoms with Gasteiger partial charge in [-0.25, -0.2) is 18.6 Å². The highest BCUT2D eigenvalue weighted by molar-refractivity contribution is 5.94. The summed E-state index contributed by atoms with van der Waals surface area (Å²) in [7, 11) is 5.90. The number of aromatic nitrogens is 2. The Morgan fingerprint density at radius 3 is 2.53 bits per heavy atom. The van der Waals surface area contributed by atoms with Crippen LogP contribution in [0.15, 0.2) is 24.4 Å². The molecule has 0 bridgehead atoms. The van der Waals surface area contributed by atoms with E-state index < -0.39 is 29.7 Å². The molecule has 12 heteroatoms. The van der Waals surface area contributed by atoms with Gasteiger partial charge in [0.05, 0.1) is 56.1 Å². The second kappa shape index (κ2) is 10.4. The molecule has 2 amide bonds. The van der Waals surface area contributed by atoms with E-state index in [0.29, 0.717) is 29.3 Å². The molecule has 192 valence electrons. The maximum Gasteiger partial charge on any atom is 0.409 e. The predicted octanol–water partition coefficient (Wildman–Crippen LogP) is 2.70. The molecule has 1 aromatic carbocycles. The molecule has 1 saturated heterocycles. The number of benzene rings is 1. The Hall–Kier alpha value is -3.93. The van der Waals surface area contributed by atoms with Gasteiger partial charge in [-0.2, -0.15) is 0 Å². The van der Waals surface area contributed by atoms with E-state index in [1.165, 1.54) is 26.2 Å². The van der Waals surface area contributed by atoms with E-state index in [2.05, 4.69) is 15.6 Å². The van der Waals surface area contributed by atoms with Crippen molar-refractivity contribution in [2.45, 2.75) is 12.5 Å². The third kappa shape index (κ3) is 4.63. The lowest BCUT2D eigenvalue weighted by molar-refractivity contribution is -0.0241. The average Bonchev–Trinajstić information content (AvgIpc) is 3.22. The highest BCUT2D eigenvalue weighted by atomic mass is 19.1. The Morgan fingerprint density at radius 2 is 1.92 bits per heavy atom. The third-order valence-corrected chi connectivity index (χ3v) is 6.07. The highest BCUT2D eigenvalue weighted by Crippen LogP contribution is 2.34. The lowest BCUT2D eigenvalue weighted by Crippen LogP contribution is -2.46. The van der Waals surface area contributed by atoms with Gasteiger partial charge in [0, 0.05) is 44.9 Å². The van der Waals surface area contributed by atoms with Crippen LogP contribution in [0.4, 0.5) is 19.3 Å². The fourth-order valence-corrected chi connectivity index (χ4v) is 4.30. The summed E-state index contributed by atoms with van der Waals surface area (Å²) in [5.74, 6) is -1.98. The Balaban J connectivity index is 1.86. The number of ether oxygens (including phenoxy) is 3. The van der Waals surface area contributed by atoms with E-state index in [-0.39, 0.29) is 36.4 Å². The summed E-state index contributed by atoms with van der Waals surface area (Å²) >= 11 is 0. The zero-order valence-electron chi connectivity index (χ0n) is 20.4. The summed E-state index contributed by atoms with van der Waals surface area (Å²) in [5, 5.41) is 5.38. The van der Waals surface area contributed by atoms with Crippen LogP contribution in [-0.4, -0.2) is 80.4 Å². The molecule has 2 aromatic heterocycles. The van der Waals surface area contributed by atoms with E-state index in [4.69, 9.17) is 14.2 Å². The first-order valence-electron chi connectivity index (χ1n) is 11.2. The first kappa shape index (κ1) is 25.2. The molecule has 1 fully saturated rings. The number of nitrogens with zero attached hydrogens (tertiary/aromatic N) is 3. The number of anilines is 1. The molecule has 4 rings (SSSR count). The molecule has 0 unspecified atom stereocenters. The van der Waals surface area contributed by atoms with E-state index in [0.717, 1.165) is 12.1 Å². The number of hydrogen-bond donors (Lipinski definition) is 2. The molecule has 0 aliphatic carbocycles. The lowest BCUT2D eigenvalue weighted by Gasteiger charge is -2.32. The number of halogens is 2. The van der Waals surface area contributed by atoms with Crippen LogP contribution >= 0.6 is 0 Å². The fourth-order valence-electron chi connectivity index (χ4n) is 4.30. The largest absolute Gasteiger partial charge is 0.494 e. The predicted molar refractivity (Wildman–Crippen MR) is 127 cm³/mol. The molecule has 1 atom stereocenters. The van der Waals surface area contributed by atoms with Gasteiger partial charge >= 0.3 is 6.09 Å². The number of pyridine rings is 1. The van der Waals surface area contributed by atoms with Gasteiger partial charge in [-0.05, 0) is 12.1 Å². The average molecular weight is 504 g/mol. The second-order valence-corrected chi connectivity index (χ2v) is 8.15. The molecular weight excluding hydrogens is 476 g/mol. The van der Waals surface area contributed by atoms with Crippen LogP contribution in [0.5, 0.6) is 5.75 Å². The van der Waals surface area contributed by atoms with Crippen molar-refractivity contribution in [3.63, 3.8) is 0 Å². The molecule has 0 spiro atoms. The maximum atomic E-state index is 15.3. The van der Waals surface area contributed by atoms with Gasteiger partial charge in [0.15, 0.2) is 0 Å². The van der Waals surface area contributed by atoms with Crippen molar-refractivity contribution in [3.05, 3.63) is 47.3 Å². The van der Waals surface area contributed by atoms with Gasteiger partial charge in [-0.1, -0.05) is 0 Å². The van der Waals surface area contributed by atoms with Gasteiger partial charge in [0.2, 0.25) is 0 Å². The minimum atomic E-state index is -0.931. The smallest absolute Gasteiger partial charge is 0.409 e. The van der Waals surface area contributed by atoms with Crippen molar-refractivity contribution in [1.82, 2.24) is 19.6 Å². The minimum absolute atomic E-state index is 0.0579. The van der Waals surface area contributed by atoms with Crippen LogP contribution in [0.2, 0.25) is 0 Å². The van der Waals surface area contributed by atoms with Gasteiger partial charge in [0.1, 0.15) is 23.0 Å². The van der Waals surface area contributed by atoms with E-state index in [1.54, 1.807) is 23.7 Å². The molecule has 0 saturated carbocycles. The van der Waals surface area contributed by atoms with Gasteiger partial charge in [0.25, 0.3) is 5.91 Å². The number of fused-ring (bicyclic) bond motifs is 1. The Bertz CT molecular complexity index is 1290. The fraction of sp³-hybridized carbons (Fsp3) is 0.375. The van der Waals surface area contributed by atoms with Crippen molar-refractivity contribution >= 4 is 23.3 Å². The second-order valence-electron chi connectivity index (χ2n) is 8.15. The number of nitrogens with one attached hydrogen (secondary N) is 2. The van der Waals surface area contributed by atoms with Crippen LogP contribution in [-0.2, 0) is 15.9 Å². The Kier molecular flexibility index (Phi) is 7.25. The van der Waals surface area contributed by atoms with Gasteiger partial charge in [-0.3, -0.25) is 4.79 Å². The van der Waals surface area contributed by atoms with Gasteiger partial charge < -0.3 is 34.1 Å². The number of imidazole rings is 1. The maximum absolute atomic E-state index is 15.3. The first-order chi connectivity index (χ1) is 17.3. The van der Waals surface area contributed by atoms with Crippen molar-refractivity contribution in [3.8, 4) is 17.0 Å². The van der Waals surface area contributed by atoms with Crippen molar-refractivity contribution in [2.75, 3.05) is 53.3 Å².